The van der Waals surface area contributed by atoms with Gasteiger partial charge < -0.3 is 15.8 Å². The molecule has 0 amide bonds. The highest BCUT2D eigenvalue weighted by molar-refractivity contribution is 5.96. The molecule has 7 heteroatoms. The highest BCUT2D eigenvalue weighted by Crippen LogP contribution is 2.43. The monoisotopic (exact) mass is 377 g/mol. The number of nitrogen functional groups attached to an aromatic ring is 1. The van der Waals surface area contributed by atoms with E-state index < -0.39 is 11.4 Å². The topological polar surface area (TPSA) is 101 Å². The van der Waals surface area contributed by atoms with Crippen molar-refractivity contribution in [3.63, 3.8) is 0 Å². The van der Waals surface area contributed by atoms with E-state index in [4.69, 9.17) is 10.7 Å². The van der Waals surface area contributed by atoms with Crippen molar-refractivity contribution in [3.8, 4) is 23.1 Å². The number of anilines is 1. The van der Waals surface area contributed by atoms with E-state index in [9.17, 15) is 9.50 Å². The first kappa shape index (κ1) is 17.1. The number of H-pyrrole nitrogens is 1. The Morgan fingerprint density at radius 2 is 2.07 bits per heavy atom. The number of fused-ring (bicyclic) bond motifs is 1. The van der Waals surface area contributed by atoms with E-state index in [1.54, 1.807) is 13.1 Å². The molecule has 0 saturated heterocycles. The number of aliphatic hydroxyl groups is 1. The number of rotatable bonds is 3. The van der Waals surface area contributed by atoms with Crippen LogP contribution in [0.15, 0.2) is 18.5 Å². The van der Waals surface area contributed by atoms with Crippen LogP contribution in [0.3, 0.4) is 0 Å². The summed E-state index contributed by atoms with van der Waals surface area (Å²) in [5.41, 5.74) is 7.77. The number of aromatic nitrogens is 4. The minimum absolute atomic E-state index is 0.0164. The van der Waals surface area contributed by atoms with Crippen LogP contribution >= 0.6 is 0 Å². The van der Waals surface area contributed by atoms with Crippen molar-refractivity contribution in [2.45, 2.75) is 44.1 Å². The molecule has 142 valence electrons. The minimum atomic E-state index is -1.01. The zero-order valence-electron chi connectivity index (χ0n) is 15.5. The molecule has 2 fully saturated rings. The number of pyridine rings is 1. The van der Waals surface area contributed by atoms with Gasteiger partial charge in [-0.1, -0.05) is 5.92 Å². The van der Waals surface area contributed by atoms with Gasteiger partial charge in [0, 0.05) is 23.1 Å². The maximum absolute atomic E-state index is 14.4. The van der Waals surface area contributed by atoms with Gasteiger partial charge >= 0.3 is 0 Å². The average molecular weight is 377 g/mol. The molecular formula is C21H20FN5O. The molecule has 3 heterocycles. The lowest BCUT2D eigenvalue weighted by atomic mass is 10.0. The van der Waals surface area contributed by atoms with Crippen molar-refractivity contribution < 1.29 is 9.50 Å². The zero-order chi connectivity index (χ0) is 19.5. The van der Waals surface area contributed by atoms with E-state index in [1.165, 1.54) is 0 Å². The summed E-state index contributed by atoms with van der Waals surface area (Å²) in [4.78, 5) is 15.7. The Morgan fingerprint density at radius 1 is 1.29 bits per heavy atom. The third kappa shape index (κ3) is 3.00. The number of nitrogens with zero attached hydrogens (tertiary/aromatic N) is 3. The van der Waals surface area contributed by atoms with Crippen LogP contribution < -0.4 is 5.73 Å². The van der Waals surface area contributed by atoms with Gasteiger partial charge in [-0.3, -0.25) is 0 Å². The third-order valence-corrected chi connectivity index (χ3v) is 5.50. The molecule has 0 spiro atoms. The van der Waals surface area contributed by atoms with Crippen molar-refractivity contribution in [2.24, 2.45) is 5.92 Å². The number of nitrogens with two attached hydrogens (primary N) is 1. The summed E-state index contributed by atoms with van der Waals surface area (Å²) in [7, 11) is 0. The molecule has 6 nitrogen and oxygen atoms in total. The highest BCUT2D eigenvalue weighted by Gasteiger charge is 2.38. The molecule has 0 aromatic carbocycles. The van der Waals surface area contributed by atoms with Gasteiger partial charge in [0.25, 0.3) is 0 Å². The molecule has 2 aliphatic carbocycles. The number of halogens is 1. The van der Waals surface area contributed by atoms with E-state index in [0.717, 1.165) is 48.5 Å². The highest BCUT2D eigenvalue weighted by atomic mass is 19.1. The van der Waals surface area contributed by atoms with Crippen LogP contribution in [0.1, 0.15) is 49.9 Å². The normalized spacial score (nSPS) is 18.5. The fraction of sp³-hybridized carbons (Fsp3) is 0.381. The smallest absolute Gasteiger partial charge is 0.220 e. The zero-order valence-corrected chi connectivity index (χ0v) is 15.5. The van der Waals surface area contributed by atoms with Gasteiger partial charge in [0.05, 0.1) is 17.4 Å². The Hall–Kier alpha value is -2.98. The summed E-state index contributed by atoms with van der Waals surface area (Å²) in [6, 6.07) is 1.82. The van der Waals surface area contributed by atoms with Crippen LogP contribution in [0.5, 0.6) is 0 Å². The molecule has 0 aliphatic heterocycles. The lowest BCUT2D eigenvalue weighted by Crippen LogP contribution is -2.24. The second-order valence-electron chi connectivity index (χ2n) is 7.89. The summed E-state index contributed by atoms with van der Waals surface area (Å²) in [5.74, 6) is 6.10. The Balaban J connectivity index is 1.67. The van der Waals surface area contributed by atoms with E-state index >= 15 is 0 Å². The Morgan fingerprint density at radius 3 is 2.79 bits per heavy atom. The first-order valence-corrected chi connectivity index (χ1v) is 9.48. The first-order chi connectivity index (χ1) is 13.4. The predicted octanol–water partition coefficient (Wildman–Crippen LogP) is 3.13. The van der Waals surface area contributed by atoms with Crippen LogP contribution in [-0.2, 0) is 0 Å². The van der Waals surface area contributed by atoms with E-state index in [0.29, 0.717) is 17.2 Å². The van der Waals surface area contributed by atoms with Crippen molar-refractivity contribution in [2.75, 3.05) is 5.73 Å². The molecule has 4 N–H and O–H groups in total. The second kappa shape index (κ2) is 6.01. The maximum Gasteiger partial charge on any atom is 0.220 e. The first-order valence-electron chi connectivity index (χ1n) is 9.48. The number of nitrogens with one attached hydrogen (secondary N) is 1. The van der Waals surface area contributed by atoms with Crippen molar-refractivity contribution in [3.05, 3.63) is 35.7 Å². The van der Waals surface area contributed by atoms with Gasteiger partial charge in [0.2, 0.25) is 5.95 Å². The summed E-state index contributed by atoms with van der Waals surface area (Å²) in [6.45, 7) is 1.75. The lowest BCUT2D eigenvalue weighted by Gasteiger charge is -2.14. The fourth-order valence-corrected chi connectivity index (χ4v) is 3.57. The average Bonchev–Trinajstić information content (AvgIpc) is 3.57. The molecule has 1 atom stereocenters. The second-order valence-corrected chi connectivity index (χ2v) is 7.89. The molecule has 3 aromatic rings. The lowest BCUT2D eigenvalue weighted by molar-refractivity contribution is 0.0980. The Kier molecular flexibility index (Phi) is 3.68. The summed E-state index contributed by atoms with van der Waals surface area (Å²) < 4.78 is 14.4. The van der Waals surface area contributed by atoms with Gasteiger partial charge in [-0.2, -0.15) is 0 Å². The Labute approximate surface area is 161 Å². The van der Waals surface area contributed by atoms with Crippen LogP contribution in [0, 0.1) is 23.6 Å². The van der Waals surface area contributed by atoms with E-state index in [2.05, 4.69) is 26.8 Å². The van der Waals surface area contributed by atoms with Gasteiger partial charge in [-0.25, -0.2) is 19.3 Å². The molecular weight excluding hydrogens is 357 g/mol. The van der Waals surface area contributed by atoms with Crippen molar-refractivity contribution >= 4 is 16.9 Å². The molecule has 3 aromatic heterocycles. The van der Waals surface area contributed by atoms with Crippen LogP contribution in [0.4, 0.5) is 10.3 Å². The molecule has 2 aliphatic rings. The Bertz CT molecular complexity index is 1150. The quantitative estimate of drug-likeness (QED) is 0.609. The van der Waals surface area contributed by atoms with Gasteiger partial charge in [0.1, 0.15) is 17.0 Å². The summed E-state index contributed by atoms with van der Waals surface area (Å²) in [5, 5.41) is 11.3. The van der Waals surface area contributed by atoms with Gasteiger partial charge in [-0.05, 0) is 50.5 Å². The molecule has 1 unspecified atom stereocenters. The third-order valence-electron chi connectivity index (χ3n) is 5.50. The molecule has 5 rings (SSSR count). The fourth-order valence-electron chi connectivity index (χ4n) is 3.57. The number of hydrogen-bond donors (Lipinski definition) is 3. The minimum Gasteiger partial charge on any atom is -0.378 e. The summed E-state index contributed by atoms with van der Waals surface area (Å²) >= 11 is 0. The number of aromatic amines is 1. The number of hydrogen-bond acceptors (Lipinski definition) is 5. The SMILES string of the molecule is CC(O)(C#Cc1cc2c(-c3nc(N)ncc3F)c[nH]c2c(C2CC2)n1)C1CC1. The largest absolute Gasteiger partial charge is 0.378 e. The molecule has 28 heavy (non-hydrogen) atoms. The van der Waals surface area contributed by atoms with Gasteiger partial charge in [-0.15, -0.1) is 0 Å². The van der Waals surface area contributed by atoms with Crippen molar-refractivity contribution in [1.29, 1.82) is 0 Å². The molecule has 2 saturated carbocycles. The van der Waals surface area contributed by atoms with E-state index in [1.807, 2.05) is 6.07 Å². The van der Waals surface area contributed by atoms with Crippen LogP contribution in [-0.4, -0.2) is 30.6 Å². The standard InChI is InChI=1S/C21H20FN5O/c1-21(28,12-4-5-12)7-6-13-8-14-15(18-16(22)10-25-20(23)27-18)9-24-19(14)17(26-13)11-2-3-11/h8-12,24,28H,2-5H2,1H3,(H2,23,25,27). The van der Waals surface area contributed by atoms with E-state index in [-0.39, 0.29) is 17.6 Å². The van der Waals surface area contributed by atoms with Crippen LogP contribution in [0.2, 0.25) is 0 Å². The van der Waals surface area contributed by atoms with Crippen LogP contribution in [0.25, 0.3) is 22.2 Å². The molecule has 0 radical (unpaired) electrons. The molecule has 0 bridgehead atoms. The summed E-state index contributed by atoms with van der Waals surface area (Å²) in [6.07, 6.45) is 6.94. The predicted molar refractivity (Wildman–Crippen MR) is 104 cm³/mol. The van der Waals surface area contributed by atoms with Crippen molar-refractivity contribution in [1.82, 2.24) is 19.9 Å². The van der Waals surface area contributed by atoms with Gasteiger partial charge in [0.15, 0.2) is 5.82 Å². The maximum atomic E-state index is 14.4.